The number of unbranched alkanes of at least 4 members (excludes halogenated alkanes) is 1. The molecule has 8 amide bonds. The van der Waals surface area contributed by atoms with Crippen molar-refractivity contribution in [1.29, 1.82) is 0 Å². The Morgan fingerprint density at radius 2 is 0.518 bits per heavy atom. The Kier molecular flexibility index (Phi) is 151. The molecule has 786 valence electrons. The van der Waals surface area contributed by atoms with Crippen LogP contribution in [0.5, 0.6) is 0 Å². The number of amides is 8. The van der Waals surface area contributed by atoms with Gasteiger partial charge in [0, 0.05) is 481 Å². The fraction of sp³-hybridized carbons (Fsp3) is 0.526. The van der Waals surface area contributed by atoms with Crippen LogP contribution in [0.1, 0.15) is 148 Å². The van der Waals surface area contributed by atoms with E-state index < -0.39 is 0 Å². The zero-order valence-electron chi connectivity index (χ0n) is 80.0. The predicted octanol–water partition coefficient (Wildman–Crippen LogP) is 11.6. The largest absolute Gasteiger partial charge is 0.418 e. The quantitative estimate of drug-likeness (QED) is 0.0235. The van der Waals surface area contributed by atoms with Crippen LogP contribution in [0.15, 0.2) is 122 Å². The second-order valence-corrected chi connectivity index (χ2v) is 32.4. The van der Waals surface area contributed by atoms with E-state index >= 15 is 0 Å². The summed E-state index contributed by atoms with van der Waals surface area (Å²) in [6.07, 6.45) is 51.9. The number of nitrogens with zero attached hydrogens (tertiary/aromatic N) is 2. The first-order chi connectivity index (χ1) is 56.6. The fourth-order valence-electron chi connectivity index (χ4n) is 16.9. The van der Waals surface area contributed by atoms with Crippen LogP contribution < -0.4 is 63.8 Å². The maximum Gasteiger partial charge on any atom is 0.0799 e. The Bertz CT molecular complexity index is 2990. The van der Waals surface area contributed by atoms with E-state index in [4.69, 9.17) is 0 Å². The van der Waals surface area contributed by atoms with E-state index in [1.807, 2.05) is 36.5 Å². The summed E-state index contributed by atoms with van der Waals surface area (Å²) in [6.45, 7) is 88.4. The van der Waals surface area contributed by atoms with Gasteiger partial charge in [0.25, 0.3) is 0 Å². The first-order valence-electron chi connectivity index (χ1n) is 42.7. The Morgan fingerprint density at radius 3 is 0.788 bits per heavy atom. The van der Waals surface area contributed by atoms with E-state index in [2.05, 4.69) is 261 Å². The third kappa shape index (κ3) is 98.8. The van der Waals surface area contributed by atoms with Crippen molar-refractivity contribution in [2.24, 2.45) is 59.2 Å². The molecular formula is C97H154N14O8W18-18. The van der Waals surface area contributed by atoms with Crippen molar-refractivity contribution in [3.63, 3.8) is 0 Å². The molecule has 0 aromatic heterocycles. The van der Waals surface area contributed by atoms with Crippen molar-refractivity contribution in [2.45, 2.75) is 184 Å². The molecule has 10 saturated carbocycles. The summed E-state index contributed by atoms with van der Waals surface area (Å²) in [5.74, 6) is 6.34. The third-order valence-corrected chi connectivity index (χ3v) is 22.3. The molecule has 0 aromatic carbocycles. The van der Waals surface area contributed by atoms with Gasteiger partial charge in [0.15, 0.2) is 0 Å². The van der Waals surface area contributed by atoms with Gasteiger partial charge in [0.1, 0.15) is 0 Å². The van der Waals surface area contributed by atoms with Gasteiger partial charge in [0.05, 0.1) is 47.3 Å². The van der Waals surface area contributed by atoms with Crippen LogP contribution in [0.2, 0.25) is 0 Å². The Hall–Kier alpha value is 2.33. The van der Waals surface area contributed by atoms with Gasteiger partial charge in [-0.1, -0.05) is 99.7 Å². The molecular weight excluding hydrogens is 4800 g/mol. The van der Waals surface area contributed by atoms with Crippen molar-refractivity contribution >= 4 is 47.3 Å². The van der Waals surface area contributed by atoms with E-state index in [9.17, 15) is 38.4 Å². The van der Waals surface area contributed by atoms with E-state index in [1.54, 1.807) is 0 Å². The molecule has 0 radical (unpaired) electrons. The van der Waals surface area contributed by atoms with E-state index in [1.165, 1.54) is 77.0 Å². The van der Waals surface area contributed by atoms with Crippen LogP contribution in [0.4, 0.5) is 0 Å². The van der Waals surface area contributed by atoms with Gasteiger partial charge in [0.2, 0.25) is 0 Å². The van der Waals surface area contributed by atoms with Gasteiger partial charge in [-0.2, -0.15) is 0 Å². The van der Waals surface area contributed by atoms with Gasteiger partial charge in [-0.3, -0.25) is 0 Å². The smallest absolute Gasteiger partial charge is 0.0799 e. The number of hydrogen-bond acceptors (Lipinski definition) is 14. The zero-order valence-corrected chi connectivity index (χ0v) is 133. The first-order valence-corrected chi connectivity index (χ1v) is 42.7. The van der Waals surface area contributed by atoms with Gasteiger partial charge < -0.3 is 167 Å². The summed E-state index contributed by atoms with van der Waals surface area (Å²) >= 11 is 0. The molecule has 8 atom stereocenters. The number of hydrogen-bond donors (Lipinski definition) is 12. The Balaban J connectivity index is -0.0000000718. The summed E-state index contributed by atoms with van der Waals surface area (Å²) in [7, 11) is 0. The van der Waals surface area contributed by atoms with Crippen LogP contribution in [-0.2, 0) is 418 Å². The second kappa shape index (κ2) is 114. The Labute approximate surface area is 1090 Å². The second-order valence-electron chi connectivity index (χ2n) is 32.4. The average Bonchev–Trinajstić information content (AvgIpc) is 1.45. The minimum atomic E-state index is -0.267. The fourth-order valence-corrected chi connectivity index (χ4v) is 16.9. The number of nitrogens with one attached hydrogen (secondary N) is 12. The van der Waals surface area contributed by atoms with Crippen LogP contribution in [0.3, 0.4) is 0 Å². The monoisotopic (exact) mass is 4950 g/mol. The van der Waals surface area contributed by atoms with Crippen LogP contribution >= 0.6 is 0 Å². The molecule has 8 unspecified atom stereocenters. The molecule has 137 heavy (non-hydrogen) atoms. The minimum absolute atomic E-state index is 0. The number of fused-ring (bicyclic) bond motifs is 9. The van der Waals surface area contributed by atoms with Crippen molar-refractivity contribution < 1.29 is 418 Å². The van der Waals surface area contributed by atoms with E-state index in [0.717, 1.165) is 182 Å². The molecule has 0 aromatic rings. The number of carbonyl (C=O) groups excluding carboxylic acids is 8. The number of carbonyl (C=O) groups is 8. The molecule has 40 heteroatoms. The van der Waals surface area contributed by atoms with E-state index in [-0.39, 0.29) is 451 Å². The molecule has 11 aliphatic rings. The SMILES string of the molecule is C=C([CH2-])NC1CC2CCC1CC2NC([CH2-])=O.C=C([CH2-])NCCCCNC([CH2-])=O.C=C([CH2-])NCCCNC([CH2-])=O.C=C([CH2-])NCCNC([CH2-])=O.[CH2-]/C=C/C1CC2CCC(C1)CC(/C=C/[CH2-])C2.[CH2-]/C=C/C1CC2CCC1CC2/C=C/[CH2-].[CH2-]/C=C/CN1CCN(C/C=C/[CH2-])CC1.[CH2-]C(=O)NC1CC(NC([CH2-])=O)C1.[CH2-]C(=O)NC1CCC(NC([CH2-])=O)CC1.[W].[W].[W].[W].[W].[W].[W].[W].[W].[W].[W].[W].[W].[W].[W].[W].[W].[W]. The van der Waals surface area contributed by atoms with Gasteiger partial charge in [-0.25, -0.2) is 168 Å². The van der Waals surface area contributed by atoms with E-state index in [0.29, 0.717) is 61.5 Å². The van der Waals surface area contributed by atoms with Gasteiger partial charge in [-0.15, -0.1) is 22.8 Å². The molecule has 12 N–H and O–H groups in total. The maximum absolute atomic E-state index is 11.0. The van der Waals surface area contributed by atoms with Crippen LogP contribution in [-0.4, -0.2) is 172 Å². The standard InChI is InChI=1S/C16H24.C14H20.C13H20N2O.C12H20N2.C10H16N2O2.C9H16N2O.C8H12N2O2.C8H14N2O.C7H12N2O.18W/c1-3-5-13-9-15-7-8-16(10-13)12-14(11-15)6-4-2;1-3-5-11-9-14-8-7-13(11)10-12(14)6-4-2;1-8(2)14-12-6-11-5-4-10(12)7-13(11)15-9(3)16;1-3-5-7-13-9-11-14(12-10-13)8-6-4-2;1-7(13)11-9-3-5-10(6-4-9)12-8(2)14;1-8(2)10-6-4-5-7-11-9(3)12;1-5(11)9-7-3-8(4-7)10-6(2)12;1-7(2)9-5-4-6-10-8(3)11;1-6(2)8-4-5-9-7(3)10;;;;;;;;;;;;;;;;;;/h3-6,13-16H,1-2,7-12H2;3-6,11-14H,1-2,7-10H2;10-14H,1-7H2,(H,15,16);3-6H,1-2,7-12H2;9-10H,1-6H2,(H,11,13)(H,12,14);10H,1-7H2,(H,11,12);7-8H,1-4H2,(H,9,11)(H,10,12);9H,1-6H2,(H,10,11);8H,1-5H2,(H,9,10);;;;;;;;;;;;;;;;;;/q9*-2;;;;;;;;;;;;;;;;;;/b2*5-3+,6-4+;;5-3+,6-4+;;;;;;;;;;;;;;;;;;;;;;;. The Morgan fingerprint density at radius 1 is 0.255 bits per heavy atom. The van der Waals surface area contributed by atoms with Crippen LogP contribution in [0.25, 0.3) is 0 Å². The zero-order chi connectivity index (χ0) is 89.0. The molecule has 11 fully saturated rings. The van der Waals surface area contributed by atoms with Crippen molar-refractivity contribution in [2.75, 3.05) is 78.5 Å². The molecule has 1 aliphatic heterocycles. The molecule has 11 rings (SSSR count). The third-order valence-electron chi connectivity index (χ3n) is 22.3. The normalized spacial score (nSPS) is 22.7. The van der Waals surface area contributed by atoms with Crippen LogP contribution in [0, 0.1) is 184 Å². The van der Waals surface area contributed by atoms with Gasteiger partial charge in [-0.05, 0) is 120 Å². The van der Waals surface area contributed by atoms with Crippen molar-refractivity contribution in [3.05, 3.63) is 247 Å². The molecule has 10 aliphatic carbocycles. The molecule has 22 nitrogen and oxygen atoms in total. The first kappa shape index (κ1) is 181. The summed E-state index contributed by atoms with van der Waals surface area (Å²) < 4.78 is 0. The molecule has 1 heterocycles. The summed E-state index contributed by atoms with van der Waals surface area (Å²) in [5.41, 5.74) is 2.88. The van der Waals surface area contributed by atoms with Gasteiger partial charge >= 0.3 is 0 Å². The summed E-state index contributed by atoms with van der Waals surface area (Å²) in [4.78, 5) is 88.9. The number of allylic oxidation sites excluding steroid dienone is 14. The maximum atomic E-state index is 11.0. The predicted molar refractivity (Wildman–Crippen MR) is 491 cm³/mol. The van der Waals surface area contributed by atoms with Crippen molar-refractivity contribution in [1.82, 2.24) is 73.6 Å². The number of piperazine rings is 1. The molecule has 6 bridgehead atoms. The summed E-state index contributed by atoms with van der Waals surface area (Å²) in [5, 5.41) is 33.7. The van der Waals surface area contributed by atoms with Crippen molar-refractivity contribution in [3.8, 4) is 0 Å². The molecule has 1 saturated heterocycles. The summed E-state index contributed by atoms with van der Waals surface area (Å²) in [6, 6.07) is 1.62. The topological polar surface area (TPSA) is 287 Å². The minimum Gasteiger partial charge on any atom is -0.418 e. The molecule has 0 spiro atoms. The average molecular weight is 4950 g/mol. The number of rotatable bonds is 30.